The van der Waals surface area contributed by atoms with Crippen LogP contribution in [-0.4, -0.2) is 52.7 Å². The van der Waals surface area contributed by atoms with Gasteiger partial charge < -0.3 is 10.6 Å². The van der Waals surface area contributed by atoms with Crippen LogP contribution >= 0.6 is 0 Å². The summed E-state index contributed by atoms with van der Waals surface area (Å²) in [6, 6.07) is 9.90. The highest BCUT2D eigenvalue weighted by Gasteiger charge is 2.44. The standard InChI is InChI=1S/C23H34N4O2/c1-17(2)16-23(3)21(29)27(22(24)25-23)14-11-18-9-12-26(13-10-18)20(28)15-19-7-5-4-6-8-19/h4-8,17-18H,9-16H2,1-3H3,(H2,24,25). The molecule has 0 bridgehead atoms. The summed E-state index contributed by atoms with van der Waals surface area (Å²) in [5.74, 6) is 1.48. The Balaban J connectivity index is 1.45. The van der Waals surface area contributed by atoms with Gasteiger partial charge in [-0.15, -0.1) is 0 Å². The van der Waals surface area contributed by atoms with E-state index in [9.17, 15) is 9.59 Å². The first-order chi connectivity index (χ1) is 13.8. The third-order valence-corrected chi connectivity index (χ3v) is 6.08. The van der Waals surface area contributed by atoms with E-state index in [0.717, 1.165) is 37.9 Å². The number of hydrogen-bond acceptors (Lipinski definition) is 4. The molecule has 29 heavy (non-hydrogen) atoms. The molecule has 1 aromatic carbocycles. The van der Waals surface area contributed by atoms with E-state index < -0.39 is 5.54 Å². The maximum Gasteiger partial charge on any atom is 0.257 e. The van der Waals surface area contributed by atoms with Crippen molar-refractivity contribution >= 4 is 17.8 Å². The van der Waals surface area contributed by atoms with Crippen molar-refractivity contribution in [1.29, 1.82) is 0 Å². The van der Waals surface area contributed by atoms with E-state index in [-0.39, 0.29) is 11.8 Å². The lowest BCUT2D eigenvalue weighted by molar-refractivity contribution is -0.131. The molecule has 158 valence electrons. The zero-order valence-corrected chi connectivity index (χ0v) is 17.9. The van der Waals surface area contributed by atoms with Crippen LogP contribution in [0.1, 0.15) is 52.0 Å². The fraction of sp³-hybridized carbons (Fsp3) is 0.609. The average Bonchev–Trinajstić information content (AvgIpc) is 2.88. The number of guanidine groups is 1. The van der Waals surface area contributed by atoms with Crippen molar-refractivity contribution in [2.45, 2.75) is 58.4 Å². The fourth-order valence-electron chi connectivity index (χ4n) is 4.56. The van der Waals surface area contributed by atoms with Gasteiger partial charge in [0.2, 0.25) is 5.91 Å². The maximum atomic E-state index is 12.8. The first-order valence-electron chi connectivity index (χ1n) is 10.8. The summed E-state index contributed by atoms with van der Waals surface area (Å²) in [4.78, 5) is 33.5. The van der Waals surface area contributed by atoms with Crippen molar-refractivity contribution in [1.82, 2.24) is 9.80 Å². The van der Waals surface area contributed by atoms with Crippen molar-refractivity contribution in [2.24, 2.45) is 22.6 Å². The van der Waals surface area contributed by atoms with Crippen LogP contribution in [0.3, 0.4) is 0 Å². The molecule has 1 aromatic rings. The van der Waals surface area contributed by atoms with Gasteiger partial charge in [-0.2, -0.15) is 0 Å². The molecule has 6 nitrogen and oxygen atoms in total. The molecule has 1 saturated heterocycles. The zero-order chi connectivity index (χ0) is 21.0. The fourth-order valence-corrected chi connectivity index (χ4v) is 4.56. The molecule has 2 amide bonds. The number of carbonyl (C=O) groups is 2. The van der Waals surface area contributed by atoms with Crippen LogP contribution in [0.25, 0.3) is 0 Å². The normalized spacial score (nSPS) is 23.0. The summed E-state index contributed by atoms with van der Waals surface area (Å²) in [6.07, 6.45) is 4.03. The van der Waals surface area contributed by atoms with E-state index in [2.05, 4.69) is 18.8 Å². The number of amides is 2. The molecule has 0 radical (unpaired) electrons. The quantitative estimate of drug-likeness (QED) is 0.767. The summed E-state index contributed by atoms with van der Waals surface area (Å²) in [5.41, 5.74) is 6.42. The lowest BCUT2D eigenvalue weighted by Crippen LogP contribution is -2.45. The van der Waals surface area contributed by atoms with Gasteiger partial charge in [0.25, 0.3) is 5.91 Å². The third-order valence-electron chi connectivity index (χ3n) is 6.08. The molecule has 3 rings (SSSR count). The highest BCUT2D eigenvalue weighted by molar-refractivity contribution is 6.06. The SMILES string of the molecule is CC(C)CC1(C)N=C(N)N(CCC2CCN(C(=O)Cc3ccccc3)CC2)C1=O. The number of carbonyl (C=O) groups excluding carboxylic acids is 2. The Hall–Kier alpha value is -2.37. The Morgan fingerprint density at radius 1 is 1.24 bits per heavy atom. The lowest BCUT2D eigenvalue weighted by atomic mass is 9.90. The molecule has 0 aliphatic carbocycles. The molecule has 1 unspecified atom stereocenters. The van der Waals surface area contributed by atoms with Gasteiger partial charge in [-0.25, -0.2) is 4.99 Å². The van der Waals surface area contributed by atoms with Gasteiger partial charge in [-0.3, -0.25) is 14.5 Å². The van der Waals surface area contributed by atoms with Crippen LogP contribution in [0.4, 0.5) is 0 Å². The van der Waals surface area contributed by atoms with Crippen LogP contribution in [0, 0.1) is 11.8 Å². The van der Waals surface area contributed by atoms with Crippen molar-refractivity contribution in [3.05, 3.63) is 35.9 Å². The monoisotopic (exact) mass is 398 g/mol. The van der Waals surface area contributed by atoms with E-state index in [0.29, 0.717) is 37.2 Å². The van der Waals surface area contributed by atoms with Gasteiger partial charge in [0, 0.05) is 19.6 Å². The Morgan fingerprint density at radius 2 is 1.90 bits per heavy atom. The van der Waals surface area contributed by atoms with Gasteiger partial charge in [-0.05, 0) is 50.0 Å². The smallest absolute Gasteiger partial charge is 0.257 e. The van der Waals surface area contributed by atoms with Gasteiger partial charge in [0.15, 0.2) is 5.96 Å². The molecule has 1 atom stereocenters. The molecule has 2 aliphatic heterocycles. The number of piperidine rings is 1. The Bertz CT molecular complexity index is 753. The van der Waals surface area contributed by atoms with Gasteiger partial charge in [0.1, 0.15) is 5.54 Å². The predicted molar refractivity (Wildman–Crippen MR) is 115 cm³/mol. The van der Waals surface area contributed by atoms with E-state index in [1.54, 1.807) is 4.90 Å². The van der Waals surface area contributed by atoms with Crippen molar-refractivity contribution < 1.29 is 9.59 Å². The van der Waals surface area contributed by atoms with Crippen LogP contribution in [0.2, 0.25) is 0 Å². The number of aliphatic imine (C=N–C) groups is 1. The predicted octanol–water partition coefficient (Wildman–Crippen LogP) is 2.82. The number of likely N-dealkylation sites (tertiary alicyclic amines) is 1. The molecular weight excluding hydrogens is 364 g/mol. The molecular formula is C23H34N4O2. The Kier molecular flexibility index (Phi) is 6.60. The highest BCUT2D eigenvalue weighted by Crippen LogP contribution is 2.29. The van der Waals surface area contributed by atoms with Gasteiger partial charge >= 0.3 is 0 Å². The first-order valence-corrected chi connectivity index (χ1v) is 10.8. The second-order valence-corrected chi connectivity index (χ2v) is 9.07. The largest absolute Gasteiger partial charge is 0.369 e. The highest BCUT2D eigenvalue weighted by atomic mass is 16.2. The van der Waals surface area contributed by atoms with E-state index in [4.69, 9.17) is 5.73 Å². The summed E-state index contributed by atoms with van der Waals surface area (Å²) in [6.45, 7) is 8.28. The molecule has 1 fully saturated rings. The van der Waals surface area contributed by atoms with Crippen LogP contribution in [-0.2, 0) is 16.0 Å². The Labute approximate surface area is 174 Å². The molecule has 0 saturated carbocycles. The third kappa shape index (κ3) is 5.17. The van der Waals surface area contributed by atoms with Gasteiger partial charge in [0.05, 0.1) is 6.42 Å². The molecule has 0 spiro atoms. The second-order valence-electron chi connectivity index (χ2n) is 9.07. The first kappa shape index (κ1) is 21.3. The number of hydrogen-bond donors (Lipinski definition) is 1. The summed E-state index contributed by atoms with van der Waals surface area (Å²) >= 11 is 0. The lowest BCUT2D eigenvalue weighted by Gasteiger charge is -2.33. The molecule has 6 heteroatoms. The average molecular weight is 399 g/mol. The zero-order valence-electron chi connectivity index (χ0n) is 17.9. The van der Waals surface area contributed by atoms with Crippen molar-refractivity contribution in [3.8, 4) is 0 Å². The second kappa shape index (κ2) is 8.97. The minimum absolute atomic E-state index is 0.0270. The molecule has 0 aromatic heterocycles. The van der Waals surface area contributed by atoms with Crippen LogP contribution in [0.5, 0.6) is 0 Å². The molecule has 2 N–H and O–H groups in total. The number of benzene rings is 1. The van der Waals surface area contributed by atoms with Gasteiger partial charge in [-0.1, -0.05) is 44.2 Å². The van der Waals surface area contributed by atoms with Crippen LogP contribution < -0.4 is 5.73 Å². The number of nitrogens with two attached hydrogens (primary N) is 1. The topological polar surface area (TPSA) is 79.0 Å². The maximum absolute atomic E-state index is 12.8. The molecule has 2 aliphatic rings. The van der Waals surface area contributed by atoms with Crippen molar-refractivity contribution in [2.75, 3.05) is 19.6 Å². The van der Waals surface area contributed by atoms with E-state index in [1.807, 2.05) is 42.2 Å². The van der Waals surface area contributed by atoms with Crippen LogP contribution in [0.15, 0.2) is 35.3 Å². The Morgan fingerprint density at radius 3 is 2.52 bits per heavy atom. The summed E-state index contributed by atoms with van der Waals surface area (Å²) in [7, 11) is 0. The number of rotatable bonds is 7. The summed E-state index contributed by atoms with van der Waals surface area (Å²) in [5, 5.41) is 0. The minimum Gasteiger partial charge on any atom is -0.369 e. The number of nitrogens with zero attached hydrogens (tertiary/aromatic N) is 3. The molecule has 2 heterocycles. The summed E-state index contributed by atoms with van der Waals surface area (Å²) < 4.78 is 0. The van der Waals surface area contributed by atoms with E-state index >= 15 is 0 Å². The van der Waals surface area contributed by atoms with E-state index in [1.165, 1.54) is 0 Å². The minimum atomic E-state index is -0.717. The van der Waals surface area contributed by atoms with Crippen molar-refractivity contribution in [3.63, 3.8) is 0 Å².